The van der Waals surface area contributed by atoms with Crippen LogP contribution in [0.2, 0.25) is 0 Å². The normalized spacial score (nSPS) is 24.0. The Morgan fingerprint density at radius 3 is 2.55 bits per heavy atom. The molecule has 0 spiro atoms. The average Bonchev–Trinajstić information content (AvgIpc) is 2.54. The maximum absolute atomic E-state index is 12.5. The van der Waals surface area contributed by atoms with Gasteiger partial charge in [-0.25, -0.2) is 0 Å². The first-order valence-corrected chi connectivity index (χ1v) is 8.24. The maximum Gasteiger partial charge on any atom is 0.224 e. The maximum atomic E-state index is 12.5. The summed E-state index contributed by atoms with van der Waals surface area (Å²) in [7, 11) is 0. The third-order valence-corrected chi connectivity index (χ3v) is 4.90. The van der Waals surface area contributed by atoms with Gasteiger partial charge in [0.2, 0.25) is 5.91 Å². The Balaban J connectivity index is 0.00000242. The van der Waals surface area contributed by atoms with Gasteiger partial charge in [0.05, 0.1) is 5.92 Å². The summed E-state index contributed by atoms with van der Waals surface area (Å²) in [6.45, 7) is 4.14. The third kappa shape index (κ3) is 4.72. The monoisotopic (exact) mass is 324 g/mol. The number of halogens is 1. The van der Waals surface area contributed by atoms with Crippen molar-refractivity contribution in [2.24, 2.45) is 17.6 Å². The molecule has 1 saturated carbocycles. The van der Waals surface area contributed by atoms with Gasteiger partial charge in [-0.2, -0.15) is 0 Å². The smallest absolute Gasteiger partial charge is 0.224 e. The molecule has 1 amide bonds. The highest BCUT2D eigenvalue weighted by Crippen LogP contribution is 2.27. The molecule has 3 nitrogen and oxygen atoms in total. The molecule has 0 aromatic heterocycles. The van der Waals surface area contributed by atoms with Crippen LogP contribution in [0.4, 0.5) is 0 Å². The molecule has 0 bridgehead atoms. The van der Waals surface area contributed by atoms with Crippen LogP contribution in [-0.2, 0) is 4.79 Å². The van der Waals surface area contributed by atoms with Crippen molar-refractivity contribution in [2.75, 3.05) is 0 Å². The molecule has 2 rings (SSSR count). The molecule has 0 aliphatic heterocycles. The lowest BCUT2D eigenvalue weighted by atomic mass is 9.82. The minimum absolute atomic E-state index is 0. The number of carbonyl (C=O) groups excluding carboxylic acids is 1. The van der Waals surface area contributed by atoms with E-state index in [1.54, 1.807) is 0 Å². The molecule has 1 aliphatic rings. The van der Waals surface area contributed by atoms with Gasteiger partial charge < -0.3 is 11.1 Å². The molecular weight excluding hydrogens is 296 g/mol. The van der Waals surface area contributed by atoms with E-state index >= 15 is 0 Å². The van der Waals surface area contributed by atoms with Crippen LogP contribution in [0.3, 0.4) is 0 Å². The first-order chi connectivity index (χ1) is 10.1. The van der Waals surface area contributed by atoms with Gasteiger partial charge >= 0.3 is 0 Å². The average molecular weight is 325 g/mol. The number of nitrogens with one attached hydrogen (secondary N) is 1. The molecule has 1 aliphatic carbocycles. The number of hydrogen-bond acceptors (Lipinski definition) is 2. The van der Waals surface area contributed by atoms with Crippen LogP contribution in [0.1, 0.15) is 57.6 Å². The molecule has 4 unspecified atom stereocenters. The number of rotatable bonds is 5. The van der Waals surface area contributed by atoms with E-state index < -0.39 is 0 Å². The molecule has 3 N–H and O–H groups in total. The number of amides is 1. The Labute approximate surface area is 140 Å². The van der Waals surface area contributed by atoms with Gasteiger partial charge in [0.25, 0.3) is 0 Å². The largest absolute Gasteiger partial charge is 0.353 e. The predicted molar refractivity (Wildman–Crippen MR) is 94.0 cm³/mol. The molecule has 4 heteroatoms. The zero-order valence-corrected chi connectivity index (χ0v) is 14.4. The standard InChI is InChI=1S/C18H28N2O.ClH/c1-3-14-9-7-8-12-16(14)20-18(21)13(2)17(19)15-10-5-4-6-11-15;/h4-6,10-11,13-14,16-17H,3,7-9,12,19H2,1-2H3,(H,20,21);1H. The Hall–Kier alpha value is -1.06. The van der Waals surface area contributed by atoms with Crippen molar-refractivity contribution in [1.29, 1.82) is 0 Å². The van der Waals surface area contributed by atoms with Crippen LogP contribution in [0, 0.1) is 11.8 Å². The van der Waals surface area contributed by atoms with Crippen molar-refractivity contribution in [3.63, 3.8) is 0 Å². The van der Waals surface area contributed by atoms with Crippen LogP contribution in [0.15, 0.2) is 30.3 Å². The molecular formula is C18H29ClN2O. The molecule has 0 heterocycles. The van der Waals surface area contributed by atoms with E-state index in [0.717, 1.165) is 18.4 Å². The van der Waals surface area contributed by atoms with E-state index in [9.17, 15) is 4.79 Å². The summed E-state index contributed by atoms with van der Waals surface area (Å²) < 4.78 is 0. The van der Waals surface area contributed by atoms with E-state index in [2.05, 4.69) is 12.2 Å². The fourth-order valence-corrected chi connectivity index (χ4v) is 3.33. The van der Waals surface area contributed by atoms with Crippen LogP contribution < -0.4 is 11.1 Å². The summed E-state index contributed by atoms with van der Waals surface area (Å²) in [5.74, 6) is 0.520. The zero-order valence-electron chi connectivity index (χ0n) is 13.6. The SMILES string of the molecule is CCC1CCCCC1NC(=O)C(C)C(N)c1ccccc1.Cl. The van der Waals surface area contributed by atoms with Crippen molar-refractivity contribution >= 4 is 18.3 Å². The Kier molecular flexibility index (Phi) is 7.91. The van der Waals surface area contributed by atoms with E-state index in [4.69, 9.17) is 5.73 Å². The Bertz CT molecular complexity index is 452. The lowest BCUT2D eigenvalue weighted by Gasteiger charge is -2.33. The van der Waals surface area contributed by atoms with Gasteiger partial charge in [0, 0.05) is 12.1 Å². The lowest BCUT2D eigenvalue weighted by molar-refractivity contribution is -0.126. The molecule has 1 fully saturated rings. The van der Waals surface area contributed by atoms with Crippen LogP contribution in [-0.4, -0.2) is 11.9 Å². The number of carbonyl (C=O) groups is 1. The van der Waals surface area contributed by atoms with Crippen molar-refractivity contribution in [3.8, 4) is 0 Å². The fraction of sp³-hybridized carbons (Fsp3) is 0.611. The zero-order chi connectivity index (χ0) is 15.2. The molecule has 124 valence electrons. The van der Waals surface area contributed by atoms with Crippen LogP contribution in [0.25, 0.3) is 0 Å². The first-order valence-electron chi connectivity index (χ1n) is 8.24. The Morgan fingerprint density at radius 1 is 1.27 bits per heavy atom. The van der Waals surface area contributed by atoms with Crippen molar-refractivity contribution in [2.45, 2.75) is 58.0 Å². The molecule has 22 heavy (non-hydrogen) atoms. The highest BCUT2D eigenvalue weighted by Gasteiger charge is 2.28. The summed E-state index contributed by atoms with van der Waals surface area (Å²) >= 11 is 0. The van der Waals surface area contributed by atoms with Gasteiger partial charge in [0.1, 0.15) is 0 Å². The number of hydrogen-bond donors (Lipinski definition) is 2. The first kappa shape index (κ1) is 19.0. The fourth-order valence-electron chi connectivity index (χ4n) is 3.33. The highest BCUT2D eigenvalue weighted by atomic mass is 35.5. The third-order valence-electron chi connectivity index (χ3n) is 4.90. The molecule has 4 atom stereocenters. The highest BCUT2D eigenvalue weighted by molar-refractivity contribution is 5.85. The van der Waals surface area contributed by atoms with E-state index in [1.165, 1.54) is 19.3 Å². The molecule has 1 aromatic carbocycles. The molecule has 1 aromatic rings. The molecule has 0 saturated heterocycles. The quantitative estimate of drug-likeness (QED) is 0.864. The van der Waals surface area contributed by atoms with Gasteiger partial charge in [-0.3, -0.25) is 4.79 Å². The van der Waals surface area contributed by atoms with Crippen LogP contribution >= 0.6 is 12.4 Å². The van der Waals surface area contributed by atoms with E-state index in [-0.39, 0.29) is 30.3 Å². The van der Waals surface area contributed by atoms with Gasteiger partial charge in [-0.05, 0) is 24.3 Å². The van der Waals surface area contributed by atoms with Crippen molar-refractivity contribution in [3.05, 3.63) is 35.9 Å². The van der Waals surface area contributed by atoms with Crippen molar-refractivity contribution < 1.29 is 4.79 Å². The number of benzene rings is 1. The predicted octanol–water partition coefficient (Wildman–Crippen LogP) is 3.83. The lowest BCUT2D eigenvalue weighted by Crippen LogP contribution is -2.45. The second-order valence-electron chi connectivity index (χ2n) is 6.29. The van der Waals surface area contributed by atoms with Gasteiger partial charge in [0.15, 0.2) is 0 Å². The van der Waals surface area contributed by atoms with E-state index in [1.807, 2.05) is 37.3 Å². The van der Waals surface area contributed by atoms with Gasteiger partial charge in [-0.1, -0.05) is 63.4 Å². The summed E-state index contributed by atoms with van der Waals surface area (Å²) in [6, 6.07) is 9.97. The van der Waals surface area contributed by atoms with Gasteiger partial charge in [-0.15, -0.1) is 12.4 Å². The summed E-state index contributed by atoms with van der Waals surface area (Å²) in [6.07, 6.45) is 6.01. The second-order valence-corrected chi connectivity index (χ2v) is 6.29. The van der Waals surface area contributed by atoms with Crippen LogP contribution in [0.5, 0.6) is 0 Å². The summed E-state index contributed by atoms with van der Waals surface area (Å²) in [5, 5.41) is 3.25. The molecule has 0 radical (unpaired) electrons. The second kappa shape index (κ2) is 9.16. The minimum atomic E-state index is -0.241. The minimum Gasteiger partial charge on any atom is -0.353 e. The summed E-state index contributed by atoms with van der Waals surface area (Å²) in [4.78, 5) is 12.5. The van der Waals surface area contributed by atoms with E-state index in [0.29, 0.717) is 12.0 Å². The number of nitrogens with two attached hydrogens (primary N) is 1. The summed E-state index contributed by atoms with van der Waals surface area (Å²) in [5.41, 5.74) is 7.27. The van der Waals surface area contributed by atoms with Crippen molar-refractivity contribution in [1.82, 2.24) is 5.32 Å². The Morgan fingerprint density at radius 2 is 1.91 bits per heavy atom. The topological polar surface area (TPSA) is 55.1 Å².